The second-order valence-electron chi connectivity index (χ2n) is 5.76. The lowest BCUT2D eigenvalue weighted by Crippen LogP contribution is -2.39. The minimum Gasteiger partial charge on any atom is -0.377 e. The molecule has 0 aliphatic carbocycles. The Morgan fingerprint density at radius 1 is 1.13 bits per heavy atom. The average molecular weight is 319 g/mol. The summed E-state index contributed by atoms with van der Waals surface area (Å²) < 4.78 is 5.70. The zero-order valence-corrected chi connectivity index (χ0v) is 15.1. The van der Waals surface area contributed by atoms with Crippen LogP contribution < -0.4 is 5.32 Å². The summed E-state index contributed by atoms with van der Waals surface area (Å²) >= 11 is 0. The molecule has 1 aromatic carbocycles. The summed E-state index contributed by atoms with van der Waals surface area (Å²) in [7, 11) is 2.11. The second-order valence-corrected chi connectivity index (χ2v) is 5.76. The normalized spacial score (nSPS) is 11.5. The third kappa shape index (κ3) is 9.24. The van der Waals surface area contributed by atoms with Gasteiger partial charge in [-0.1, -0.05) is 43.7 Å². The number of guanidine groups is 1. The SMILES string of the molecule is CCCCN(C)C(=NCCCCOCc1ccccc1)NCC. The minimum atomic E-state index is 0.701. The summed E-state index contributed by atoms with van der Waals surface area (Å²) in [6.07, 6.45) is 4.52. The van der Waals surface area contributed by atoms with Crippen molar-refractivity contribution in [3.05, 3.63) is 35.9 Å². The standard InChI is InChI=1S/C19H33N3O/c1-4-6-15-22(3)19(20-5-2)21-14-10-11-16-23-17-18-12-8-7-9-13-18/h7-9,12-13H,4-6,10-11,14-17H2,1-3H3,(H,20,21). The minimum absolute atomic E-state index is 0.701. The monoisotopic (exact) mass is 319 g/mol. The molecule has 1 N–H and O–H groups in total. The molecule has 0 unspecified atom stereocenters. The fourth-order valence-electron chi connectivity index (χ4n) is 2.24. The number of unbranched alkanes of at least 4 members (excludes halogenated alkanes) is 2. The molecular formula is C19H33N3O. The van der Waals surface area contributed by atoms with Gasteiger partial charge in [0.2, 0.25) is 0 Å². The van der Waals surface area contributed by atoms with Crippen LogP contribution in [0.15, 0.2) is 35.3 Å². The summed E-state index contributed by atoms with van der Waals surface area (Å²) in [6, 6.07) is 10.3. The third-order valence-corrected chi connectivity index (χ3v) is 3.61. The van der Waals surface area contributed by atoms with Crippen molar-refractivity contribution < 1.29 is 4.74 Å². The maximum absolute atomic E-state index is 5.70. The fourth-order valence-corrected chi connectivity index (χ4v) is 2.24. The van der Waals surface area contributed by atoms with Crippen LogP contribution in [0.25, 0.3) is 0 Å². The van der Waals surface area contributed by atoms with Crippen molar-refractivity contribution in [3.63, 3.8) is 0 Å². The molecule has 0 fully saturated rings. The molecule has 1 aromatic rings. The van der Waals surface area contributed by atoms with E-state index < -0.39 is 0 Å². The summed E-state index contributed by atoms with van der Waals surface area (Å²) in [4.78, 5) is 6.92. The van der Waals surface area contributed by atoms with Gasteiger partial charge >= 0.3 is 0 Å². The Balaban J connectivity index is 2.16. The van der Waals surface area contributed by atoms with Gasteiger partial charge in [0.05, 0.1) is 6.61 Å². The van der Waals surface area contributed by atoms with Crippen LogP contribution >= 0.6 is 0 Å². The Hall–Kier alpha value is -1.55. The van der Waals surface area contributed by atoms with Crippen LogP contribution in [0.2, 0.25) is 0 Å². The predicted molar refractivity (Wildman–Crippen MR) is 98.8 cm³/mol. The van der Waals surface area contributed by atoms with Crippen LogP contribution in [0, 0.1) is 0 Å². The number of nitrogens with one attached hydrogen (secondary N) is 1. The van der Waals surface area contributed by atoms with E-state index in [1.807, 2.05) is 18.2 Å². The molecule has 0 heterocycles. The molecule has 4 nitrogen and oxygen atoms in total. The van der Waals surface area contributed by atoms with Gasteiger partial charge in [-0.25, -0.2) is 0 Å². The molecule has 0 radical (unpaired) electrons. The lowest BCUT2D eigenvalue weighted by Gasteiger charge is -2.21. The van der Waals surface area contributed by atoms with E-state index in [-0.39, 0.29) is 0 Å². The first-order chi connectivity index (χ1) is 11.3. The summed E-state index contributed by atoms with van der Waals surface area (Å²) in [5.41, 5.74) is 1.23. The number of hydrogen-bond donors (Lipinski definition) is 1. The predicted octanol–water partition coefficient (Wildman–Crippen LogP) is 3.68. The molecule has 0 saturated heterocycles. The maximum atomic E-state index is 5.70. The lowest BCUT2D eigenvalue weighted by molar-refractivity contribution is 0.117. The molecule has 0 atom stereocenters. The smallest absolute Gasteiger partial charge is 0.193 e. The molecule has 0 amide bonds. The molecule has 4 heteroatoms. The quantitative estimate of drug-likeness (QED) is 0.384. The van der Waals surface area contributed by atoms with E-state index in [0.29, 0.717) is 6.61 Å². The zero-order valence-electron chi connectivity index (χ0n) is 15.1. The fraction of sp³-hybridized carbons (Fsp3) is 0.632. The van der Waals surface area contributed by atoms with Gasteiger partial charge in [-0.15, -0.1) is 0 Å². The van der Waals surface area contributed by atoms with Crippen LogP contribution in [-0.2, 0) is 11.3 Å². The van der Waals surface area contributed by atoms with Gasteiger partial charge in [-0.05, 0) is 31.7 Å². The Morgan fingerprint density at radius 2 is 1.91 bits per heavy atom. The van der Waals surface area contributed by atoms with E-state index >= 15 is 0 Å². The molecule has 0 bridgehead atoms. The highest BCUT2D eigenvalue weighted by molar-refractivity contribution is 5.79. The topological polar surface area (TPSA) is 36.9 Å². The summed E-state index contributed by atoms with van der Waals surface area (Å²) in [5, 5.41) is 3.36. The largest absolute Gasteiger partial charge is 0.377 e. The van der Waals surface area contributed by atoms with Crippen LogP contribution in [-0.4, -0.2) is 44.1 Å². The molecule has 0 saturated carbocycles. The van der Waals surface area contributed by atoms with Crippen molar-refractivity contribution in [1.82, 2.24) is 10.2 Å². The van der Waals surface area contributed by atoms with Crippen molar-refractivity contribution in [2.24, 2.45) is 4.99 Å². The number of hydrogen-bond acceptors (Lipinski definition) is 2. The van der Waals surface area contributed by atoms with Crippen LogP contribution in [0.1, 0.15) is 45.1 Å². The van der Waals surface area contributed by atoms with E-state index in [1.165, 1.54) is 18.4 Å². The first-order valence-corrected chi connectivity index (χ1v) is 8.89. The molecule has 0 spiro atoms. The van der Waals surface area contributed by atoms with E-state index in [1.54, 1.807) is 0 Å². The average Bonchev–Trinajstić information content (AvgIpc) is 2.58. The Kier molecular flexibility index (Phi) is 11.0. The second kappa shape index (κ2) is 12.9. The first-order valence-electron chi connectivity index (χ1n) is 8.89. The van der Waals surface area contributed by atoms with Crippen LogP contribution in [0.5, 0.6) is 0 Å². The zero-order chi connectivity index (χ0) is 16.8. The van der Waals surface area contributed by atoms with Crippen LogP contribution in [0.3, 0.4) is 0 Å². The maximum Gasteiger partial charge on any atom is 0.193 e. The van der Waals surface area contributed by atoms with Gasteiger partial charge in [0, 0.05) is 33.3 Å². The molecule has 23 heavy (non-hydrogen) atoms. The molecule has 0 aromatic heterocycles. The molecule has 0 aliphatic rings. The van der Waals surface area contributed by atoms with Crippen molar-refractivity contribution in [3.8, 4) is 0 Å². The Bertz CT molecular complexity index is 420. The molecular weight excluding hydrogens is 286 g/mol. The van der Waals surface area contributed by atoms with Crippen molar-refractivity contribution in [2.45, 2.75) is 46.1 Å². The highest BCUT2D eigenvalue weighted by Gasteiger charge is 2.03. The molecule has 130 valence electrons. The molecule has 1 rings (SSSR count). The third-order valence-electron chi connectivity index (χ3n) is 3.61. The summed E-state index contributed by atoms with van der Waals surface area (Å²) in [6.45, 7) is 8.65. The summed E-state index contributed by atoms with van der Waals surface area (Å²) in [5.74, 6) is 1.02. The number of aliphatic imine (C=N–C) groups is 1. The number of nitrogens with zero attached hydrogens (tertiary/aromatic N) is 2. The van der Waals surface area contributed by atoms with Gasteiger partial charge in [0.25, 0.3) is 0 Å². The van der Waals surface area contributed by atoms with Gasteiger partial charge in [-0.3, -0.25) is 4.99 Å². The number of ether oxygens (including phenoxy) is 1. The van der Waals surface area contributed by atoms with Gasteiger partial charge < -0.3 is 15.0 Å². The lowest BCUT2D eigenvalue weighted by atomic mass is 10.2. The van der Waals surface area contributed by atoms with Gasteiger partial charge in [-0.2, -0.15) is 0 Å². The number of rotatable bonds is 11. The number of benzene rings is 1. The highest BCUT2D eigenvalue weighted by Crippen LogP contribution is 2.02. The first kappa shape index (κ1) is 19.5. The Labute approximate surface area is 141 Å². The molecule has 0 aliphatic heterocycles. The van der Waals surface area contributed by atoms with E-state index in [4.69, 9.17) is 9.73 Å². The Morgan fingerprint density at radius 3 is 2.61 bits per heavy atom. The highest BCUT2D eigenvalue weighted by atomic mass is 16.5. The van der Waals surface area contributed by atoms with Crippen molar-refractivity contribution in [1.29, 1.82) is 0 Å². The van der Waals surface area contributed by atoms with Gasteiger partial charge in [0.1, 0.15) is 0 Å². The van der Waals surface area contributed by atoms with Crippen LogP contribution in [0.4, 0.5) is 0 Å². The van der Waals surface area contributed by atoms with E-state index in [2.05, 4.69) is 43.2 Å². The van der Waals surface area contributed by atoms with Crippen molar-refractivity contribution in [2.75, 3.05) is 33.3 Å². The van der Waals surface area contributed by atoms with Crippen molar-refractivity contribution >= 4 is 5.96 Å². The van der Waals surface area contributed by atoms with Gasteiger partial charge in [0.15, 0.2) is 5.96 Å². The van der Waals surface area contributed by atoms with E-state index in [0.717, 1.165) is 45.0 Å². The van der Waals surface area contributed by atoms with E-state index in [9.17, 15) is 0 Å².